The molecule has 0 aliphatic rings. The van der Waals surface area contributed by atoms with Gasteiger partial charge in [0.2, 0.25) is 0 Å². The number of anilines is 1. The summed E-state index contributed by atoms with van der Waals surface area (Å²) in [5, 5.41) is 19.1. The zero-order valence-corrected chi connectivity index (χ0v) is 8.06. The summed E-state index contributed by atoms with van der Waals surface area (Å²) in [5.74, 6) is -2.10. The van der Waals surface area contributed by atoms with Crippen molar-refractivity contribution in [2.45, 2.75) is 0 Å². The molecular formula is C8H7FN2O5. The van der Waals surface area contributed by atoms with Crippen LogP contribution >= 0.6 is 0 Å². The Morgan fingerprint density at radius 3 is 2.69 bits per heavy atom. The molecule has 1 aromatic carbocycles. The number of carbonyl (C=O) groups excluding carboxylic acids is 1. The van der Waals surface area contributed by atoms with Crippen LogP contribution in [-0.4, -0.2) is 23.2 Å². The quantitative estimate of drug-likeness (QED) is 0.461. The van der Waals surface area contributed by atoms with E-state index in [1.165, 1.54) is 5.48 Å². The van der Waals surface area contributed by atoms with E-state index in [9.17, 15) is 19.3 Å². The summed E-state index contributed by atoms with van der Waals surface area (Å²) in [6.45, 7) is 0. The van der Waals surface area contributed by atoms with Gasteiger partial charge in [-0.05, 0) is 6.07 Å². The first-order valence-corrected chi connectivity index (χ1v) is 3.97. The van der Waals surface area contributed by atoms with E-state index in [4.69, 9.17) is 5.21 Å². The summed E-state index contributed by atoms with van der Waals surface area (Å²) < 4.78 is 17.5. The van der Waals surface area contributed by atoms with Crippen molar-refractivity contribution < 1.29 is 24.1 Å². The molecule has 8 heteroatoms. The van der Waals surface area contributed by atoms with Crippen LogP contribution in [0.3, 0.4) is 0 Å². The first-order valence-electron chi connectivity index (χ1n) is 3.97. The molecule has 0 aliphatic heterocycles. The molecule has 1 aromatic rings. The maximum atomic E-state index is 13.2. The Kier molecular flexibility index (Phi) is 3.36. The molecule has 0 aliphatic carbocycles. The molecule has 0 fully saturated rings. The number of methoxy groups -OCH3 is 1. The second-order valence-electron chi connectivity index (χ2n) is 2.71. The van der Waals surface area contributed by atoms with Gasteiger partial charge in [-0.1, -0.05) is 0 Å². The van der Waals surface area contributed by atoms with E-state index in [1.54, 1.807) is 0 Å². The highest BCUT2D eigenvalue weighted by Gasteiger charge is 2.21. The number of ether oxygens (including phenoxy) is 1. The number of halogens is 1. The standard InChI is InChI=1S/C8H7FN2O5/c1-16-8(12)4-2-6(10-13)7(11(14)15)3-5(4)9/h2-3,10,13H,1H3. The second kappa shape index (κ2) is 4.53. The summed E-state index contributed by atoms with van der Waals surface area (Å²) in [4.78, 5) is 20.6. The van der Waals surface area contributed by atoms with Gasteiger partial charge in [0, 0.05) is 0 Å². The molecule has 0 radical (unpaired) electrons. The molecule has 16 heavy (non-hydrogen) atoms. The van der Waals surface area contributed by atoms with Gasteiger partial charge >= 0.3 is 5.97 Å². The average molecular weight is 230 g/mol. The Balaban J connectivity index is 3.37. The second-order valence-corrected chi connectivity index (χ2v) is 2.71. The van der Waals surface area contributed by atoms with Crippen LogP contribution < -0.4 is 5.48 Å². The number of nitrogens with one attached hydrogen (secondary N) is 1. The van der Waals surface area contributed by atoms with Crippen LogP contribution in [-0.2, 0) is 4.74 Å². The van der Waals surface area contributed by atoms with Crippen molar-refractivity contribution >= 4 is 17.3 Å². The van der Waals surface area contributed by atoms with Crippen LogP contribution in [0.15, 0.2) is 12.1 Å². The number of hydrogen-bond acceptors (Lipinski definition) is 6. The van der Waals surface area contributed by atoms with Gasteiger partial charge in [-0.2, -0.15) is 0 Å². The molecule has 2 N–H and O–H groups in total. The molecule has 0 atom stereocenters. The Morgan fingerprint density at radius 1 is 1.62 bits per heavy atom. The maximum Gasteiger partial charge on any atom is 0.340 e. The highest BCUT2D eigenvalue weighted by molar-refractivity contribution is 5.91. The lowest BCUT2D eigenvalue weighted by Crippen LogP contribution is -2.07. The third-order valence-electron chi connectivity index (χ3n) is 1.81. The van der Waals surface area contributed by atoms with Crippen LogP contribution in [0.4, 0.5) is 15.8 Å². The van der Waals surface area contributed by atoms with E-state index in [0.29, 0.717) is 6.07 Å². The highest BCUT2D eigenvalue weighted by atomic mass is 19.1. The summed E-state index contributed by atoms with van der Waals surface area (Å²) >= 11 is 0. The first-order chi connectivity index (χ1) is 7.51. The summed E-state index contributed by atoms with van der Waals surface area (Å²) in [7, 11) is 1.04. The molecule has 7 nitrogen and oxygen atoms in total. The van der Waals surface area contributed by atoms with E-state index in [-0.39, 0.29) is 0 Å². The molecule has 0 unspecified atom stereocenters. The molecule has 0 bridgehead atoms. The zero-order chi connectivity index (χ0) is 12.3. The number of nitro benzene ring substituents is 1. The lowest BCUT2D eigenvalue weighted by Gasteiger charge is -2.05. The van der Waals surface area contributed by atoms with Crippen LogP contribution in [0.5, 0.6) is 0 Å². The number of nitro groups is 1. The molecule has 0 saturated carbocycles. The smallest absolute Gasteiger partial charge is 0.340 e. The molecular weight excluding hydrogens is 223 g/mol. The van der Waals surface area contributed by atoms with Gasteiger partial charge in [0.25, 0.3) is 5.69 Å². The molecule has 1 rings (SSSR count). The molecule has 86 valence electrons. The number of rotatable bonds is 3. The monoisotopic (exact) mass is 230 g/mol. The minimum absolute atomic E-state index is 0.396. The minimum Gasteiger partial charge on any atom is -0.465 e. The Labute approximate surface area is 88.6 Å². The number of esters is 1. The largest absolute Gasteiger partial charge is 0.465 e. The number of nitrogens with zero attached hydrogens (tertiary/aromatic N) is 1. The van der Waals surface area contributed by atoms with Crippen molar-refractivity contribution in [3.05, 3.63) is 33.6 Å². The number of hydrogen-bond donors (Lipinski definition) is 2. The fourth-order valence-electron chi connectivity index (χ4n) is 1.07. The van der Waals surface area contributed by atoms with Gasteiger partial charge in [0.15, 0.2) is 0 Å². The molecule has 0 spiro atoms. The van der Waals surface area contributed by atoms with Crippen molar-refractivity contribution in [1.29, 1.82) is 0 Å². The van der Waals surface area contributed by atoms with Crippen LogP contribution in [0.25, 0.3) is 0 Å². The van der Waals surface area contributed by atoms with E-state index < -0.39 is 33.6 Å². The fourth-order valence-corrected chi connectivity index (χ4v) is 1.07. The topological polar surface area (TPSA) is 102 Å². The third-order valence-corrected chi connectivity index (χ3v) is 1.81. The molecule has 0 heterocycles. The maximum absolute atomic E-state index is 13.2. The lowest BCUT2D eigenvalue weighted by atomic mass is 10.1. The van der Waals surface area contributed by atoms with E-state index in [0.717, 1.165) is 13.2 Å². The van der Waals surface area contributed by atoms with Gasteiger partial charge in [-0.25, -0.2) is 9.18 Å². The van der Waals surface area contributed by atoms with Crippen molar-refractivity contribution in [1.82, 2.24) is 0 Å². The van der Waals surface area contributed by atoms with E-state index in [1.807, 2.05) is 0 Å². The number of carbonyl (C=O) groups is 1. The van der Waals surface area contributed by atoms with Gasteiger partial charge in [-0.3, -0.25) is 20.8 Å². The van der Waals surface area contributed by atoms with E-state index in [2.05, 4.69) is 4.74 Å². The normalized spacial score (nSPS) is 9.69. The third kappa shape index (κ3) is 2.06. The van der Waals surface area contributed by atoms with Gasteiger partial charge < -0.3 is 4.74 Å². The van der Waals surface area contributed by atoms with Gasteiger partial charge in [0.1, 0.15) is 11.5 Å². The van der Waals surface area contributed by atoms with Crippen molar-refractivity contribution in [2.75, 3.05) is 12.6 Å². The van der Waals surface area contributed by atoms with Gasteiger partial charge in [0.05, 0.1) is 23.7 Å². The van der Waals surface area contributed by atoms with Crippen LogP contribution in [0.2, 0.25) is 0 Å². The minimum atomic E-state index is -1.10. The zero-order valence-electron chi connectivity index (χ0n) is 8.06. The van der Waals surface area contributed by atoms with Crippen molar-refractivity contribution in [3.63, 3.8) is 0 Å². The number of benzene rings is 1. The fraction of sp³-hybridized carbons (Fsp3) is 0.125. The van der Waals surface area contributed by atoms with Crippen molar-refractivity contribution in [3.8, 4) is 0 Å². The van der Waals surface area contributed by atoms with Crippen LogP contribution in [0, 0.1) is 15.9 Å². The Morgan fingerprint density at radius 2 is 2.25 bits per heavy atom. The van der Waals surface area contributed by atoms with E-state index >= 15 is 0 Å². The SMILES string of the molecule is COC(=O)c1cc(NO)c([N+](=O)[O-])cc1F. The summed E-state index contributed by atoms with van der Waals surface area (Å²) in [6, 6.07) is 1.31. The van der Waals surface area contributed by atoms with Gasteiger partial charge in [-0.15, -0.1) is 0 Å². The van der Waals surface area contributed by atoms with Crippen molar-refractivity contribution in [2.24, 2.45) is 0 Å². The Hall–Kier alpha value is -2.22. The molecule has 0 saturated heterocycles. The summed E-state index contributed by atoms with van der Waals surface area (Å²) in [6.07, 6.45) is 0. The van der Waals surface area contributed by atoms with Crippen LogP contribution in [0.1, 0.15) is 10.4 Å². The average Bonchev–Trinajstić information content (AvgIpc) is 2.27. The molecule has 0 aromatic heterocycles. The highest BCUT2D eigenvalue weighted by Crippen LogP contribution is 2.27. The lowest BCUT2D eigenvalue weighted by molar-refractivity contribution is -0.384. The molecule has 0 amide bonds. The first kappa shape index (κ1) is 11.9. The Bertz CT molecular complexity index is 448. The predicted octanol–water partition coefficient (Wildman–Crippen LogP) is 1.32. The predicted molar refractivity (Wildman–Crippen MR) is 49.8 cm³/mol. The summed E-state index contributed by atoms with van der Waals surface area (Å²) in [5.41, 5.74) is -0.0860.